The van der Waals surface area contributed by atoms with E-state index in [9.17, 15) is 5.11 Å². The lowest BCUT2D eigenvalue weighted by Crippen LogP contribution is -2.04. The fourth-order valence-electron chi connectivity index (χ4n) is 1.40. The fraction of sp³-hybridized carbons (Fsp3) is 0.0833. The molecule has 0 atom stereocenters. The van der Waals surface area contributed by atoms with E-state index in [0.29, 0.717) is 12.2 Å². The van der Waals surface area contributed by atoms with Crippen molar-refractivity contribution in [2.75, 3.05) is 11.1 Å². The van der Waals surface area contributed by atoms with Gasteiger partial charge in [0.25, 0.3) is 0 Å². The molecule has 0 aliphatic heterocycles. The van der Waals surface area contributed by atoms with E-state index < -0.39 is 0 Å². The molecule has 0 unspecified atom stereocenters. The van der Waals surface area contributed by atoms with Gasteiger partial charge in [0, 0.05) is 18.0 Å². The molecule has 4 heteroatoms. The van der Waals surface area contributed by atoms with Crippen LogP contribution in [0.4, 0.5) is 11.4 Å². The number of hydrogen-bond donors (Lipinski definition) is 3. The summed E-state index contributed by atoms with van der Waals surface area (Å²) >= 11 is 0. The number of aromatic hydroxyl groups is 1. The molecule has 1 aromatic heterocycles. The van der Waals surface area contributed by atoms with Gasteiger partial charge in [0.15, 0.2) is 0 Å². The molecule has 0 radical (unpaired) electrons. The predicted octanol–water partition coefficient (Wildman–Crippen LogP) is 1.98. The first kappa shape index (κ1) is 10.3. The van der Waals surface area contributed by atoms with Crippen LogP contribution < -0.4 is 11.1 Å². The summed E-state index contributed by atoms with van der Waals surface area (Å²) in [6, 6.07) is 10.5. The van der Waals surface area contributed by atoms with Gasteiger partial charge >= 0.3 is 0 Å². The molecule has 0 fully saturated rings. The molecule has 16 heavy (non-hydrogen) atoms. The second-order valence-corrected chi connectivity index (χ2v) is 3.44. The van der Waals surface area contributed by atoms with Crippen LogP contribution in [0.5, 0.6) is 5.75 Å². The van der Waals surface area contributed by atoms with Crippen LogP contribution >= 0.6 is 0 Å². The molecule has 4 N–H and O–H groups in total. The van der Waals surface area contributed by atoms with Crippen LogP contribution in [0.15, 0.2) is 42.6 Å². The van der Waals surface area contributed by atoms with Crippen molar-refractivity contribution in [3.63, 3.8) is 0 Å². The highest BCUT2D eigenvalue weighted by molar-refractivity contribution is 5.50. The standard InChI is InChI=1S/C12H13N3O/c13-11-5-2-6-14-12(11)8-15-9-3-1-4-10(16)7-9/h1-7,15-16H,8,13H2. The number of aromatic nitrogens is 1. The normalized spacial score (nSPS) is 10.0. The number of rotatable bonds is 3. The van der Waals surface area contributed by atoms with Gasteiger partial charge in [0.05, 0.1) is 17.9 Å². The number of phenols is 1. The Labute approximate surface area is 93.8 Å². The maximum absolute atomic E-state index is 9.28. The number of nitrogen functional groups attached to an aromatic ring is 1. The van der Waals surface area contributed by atoms with Gasteiger partial charge in [-0.1, -0.05) is 6.07 Å². The zero-order valence-electron chi connectivity index (χ0n) is 8.72. The van der Waals surface area contributed by atoms with Crippen molar-refractivity contribution < 1.29 is 5.11 Å². The summed E-state index contributed by atoms with van der Waals surface area (Å²) in [6.45, 7) is 0.538. The molecule has 82 valence electrons. The van der Waals surface area contributed by atoms with Crippen molar-refractivity contribution >= 4 is 11.4 Å². The average molecular weight is 215 g/mol. The minimum atomic E-state index is 0.235. The highest BCUT2D eigenvalue weighted by Crippen LogP contribution is 2.16. The van der Waals surface area contributed by atoms with Crippen LogP contribution in [0.2, 0.25) is 0 Å². The molecule has 2 rings (SSSR count). The maximum Gasteiger partial charge on any atom is 0.117 e. The van der Waals surface area contributed by atoms with E-state index in [-0.39, 0.29) is 5.75 Å². The number of anilines is 2. The zero-order chi connectivity index (χ0) is 11.4. The van der Waals surface area contributed by atoms with Crippen LogP contribution in [0.3, 0.4) is 0 Å². The molecule has 0 saturated heterocycles. The predicted molar refractivity (Wildman–Crippen MR) is 64.1 cm³/mol. The fourth-order valence-corrected chi connectivity index (χ4v) is 1.40. The number of hydrogen-bond acceptors (Lipinski definition) is 4. The number of benzene rings is 1. The van der Waals surface area contributed by atoms with Crippen molar-refractivity contribution in [3.8, 4) is 5.75 Å². The van der Waals surface area contributed by atoms with Crippen molar-refractivity contribution in [1.82, 2.24) is 4.98 Å². The van der Waals surface area contributed by atoms with Gasteiger partial charge in [-0.05, 0) is 24.3 Å². The van der Waals surface area contributed by atoms with Gasteiger partial charge in [-0.2, -0.15) is 0 Å². The zero-order valence-corrected chi connectivity index (χ0v) is 8.72. The van der Waals surface area contributed by atoms with E-state index in [4.69, 9.17) is 5.73 Å². The van der Waals surface area contributed by atoms with Gasteiger partial charge in [-0.3, -0.25) is 4.98 Å². The summed E-state index contributed by atoms with van der Waals surface area (Å²) in [4.78, 5) is 4.17. The second-order valence-electron chi connectivity index (χ2n) is 3.44. The number of nitrogens with two attached hydrogens (primary N) is 1. The SMILES string of the molecule is Nc1cccnc1CNc1cccc(O)c1. The summed E-state index contributed by atoms with van der Waals surface area (Å²) in [5, 5.41) is 12.4. The van der Waals surface area contributed by atoms with Gasteiger partial charge < -0.3 is 16.2 Å². The minimum absolute atomic E-state index is 0.235. The molecule has 0 bridgehead atoms. The molecule has 0 spiro atoms. The Balaban J connectivity index is 2.05. The molecule has 1 heterocycles. The van der Waals surface area contributed by atoms with Crippen molar-refractivity contribution in [1.29, 1.82) is 0 Å². The highest BCUT2D eigenvalue weighted by Gasteiger charge is 1.99. The summed E-state index contributed by atoms with van der Waals surface area (Å²) in [5.74, 6) is 0.235. The first-order chi connectivity index (χ1) is 7.75. The molecule has 0 aliphatic rings. The lowest BCUT2D eigenvalue weighted by atomic mass is 10.2. The Morgan fingerprint density at radius 1 is 1.25 bits per heavy atom. The number of pyridine rings is 1. The van der Waals surface area contributed by atoms with Crippen LogP contribution in [-0.4, -0.2) is 10.1 Å². The number of phenolic OH excluding ortho intramolecular Hbond substituents is 1. The Morgan fingerprint density at radius 3 is 2.88 bits per heavy atom. The highest BCUT2D eigenvalue weighted by atomic mass is 16.3. The van der Waals surface area contributed by atoms with E-state index in [1.54, 1.807) is 30.5 Å². The third-order valence-electron chi connectivity index (χ3n) is 2.23. The molecule has 2 aromatic rings. The van der Waals surface area contributed by atoms with E-state index in [0.717, 1.165) is 11.4 Å². The van der Waals surface area contributed by atoms with Crippen LogP contribution in [0.25, 0.3) is 0 Å². The van der Waals surface area contributed by atoms with Gasteiger partial charge in [0.1, 0.15) is 5.75 Å². The minimum Gasteiger partial charge on any atom is -0.508 e. The van der Waals surface area contributed by atoms with Crippen molar-refractivity contribution in [2.24, 2.45) is 0 Å². The molecule has 0 aliphatic carbocycles. The quantitative estimate of drug-likeness (QED) is 0.732. The Bertz CT molecular complexity index is 485. The third-order valence-corrected chi connectivity index (χ3v) is 2.23. The van der Waals surface area contributed by atoms with Gasteiger partial charge in [0.2, 0.25) is 0 Å². The molecule has 4 nitrogen and oxygen atoms in total. The number of nitrogens with zero attached hydrogens (tertiary/aromatic N) is 1. The molecular formula is C12H13N3O. The van der Waals surface area contributed by atoms with Gasteiger partial charge in [-0.25, -0.2) is 0 Å². The first-order valence-electron chi connectivity index (χ1n) is 4.98. The van der Waals surface area contributed by atoms with Crippen LogP contribution in [-0.2, 0) is 6.54 Å². The van der Waals surface area contributed by atoms with Gasteiger partial charge in [-0.15, -0.1) is 0 Å². The van der Waals surface area contributed by atoms with E-state index in [2.05, 4.69) is 10.3 Å². The third kappa shape index (κ3) is 2.42. The Hall–Kier alpha value is -2.23. The van der Waals surface area contributed by atoms with Crippen molar-refractivity contribution in [3.05, 3.63) is 48.3 Å². The lowest BCUT2D eigenvalue weighted by molar-refractivity contribution is 0.475. The summed E-state index contributed by atoms with van der Waals surface area (Å²) < 4.78 is 0. The molecule has 0 saturated carbocycles. The number of nitrogens with one attached hydrogen (secondary N) is 1. The maximum atomic E-state index is 9.28. The summed E-state index contributed by atoms with van der Waals surface area (Å²) in [5.41, 5.74) is 8.06. The first-order valence-corrected chi connectivity index (χ1v) is 4.98. The summed E-state index contributed by atoms with van der Waals surface area (Å²) in [7, 11) is 0. The van der Waals surface area contributed by atoms with Crippen molar-refractivity contribution in [2.45, 2.75) is 6.54 Å². The van der Waals surface area contributed by atoms with Crippen LogP contribution in [0.1, 0.15) is 5.69 Å². The Morgan fingerprint density at radius 2 is 2.12 bits per heavy atom. The lowest BCUT2D eigenvalue weighted by Gasteiger charge is -2.07. The largest absolute Gasteiger partial charge is 0.508 e. The summed E-state index contributed by atoms with van der Waals surface area (Å²) in [6.07, 6.45) is 1.70. The van der Waals surface area contributed by atoms with E-state index >= 15 is 0 Å². The topological polar surface area (TPSA) is 71.2 Å². The average Bonchev–Trinajstić information content (AvgIpc) is 2.28. The molecule has 1 aromatic carbocycles. The molecule has 0 amide bonds. The second kappa shape index (κ2) is 4.53. The Kier molecular flexibility index (Phi) is 2.91. The smallest absolute Gasteiger partial charge is 0.117 e. The van der Waals surface area contributed by atoms with E-state index in [1.807, 2.05) is 12.1 Å². The van der Waals surface area contributed by atoms with Crippen LogP contribution in [0, 0.1) is 0 Å². The van der Waals surface area contributed by atoms with E-state index in [1.165, 1.54) is 0 Å². The monoisotopic (exact) mass is 215 g/mol. The molecular weight excluding hydrogens is 202 g/mol.